The molecule has 1 saturated carbocycles. The summed E-state index contributed by atoms with van der Waals surface area (Å²) >= 11 is 0. The molecule has 0 aliphatic heterocycles. The molecule has 0 aromatic heterocycles. The maximum Gasteiger partial charge on any atom is 0.0573 e. The summed E-state index contributed by atoms with van der Waals surface area (Å²) in [6.45, 7) is 4.15. The second kappa shape index (κ2) is 3.63. The first kappa shape index (κ1) is 7.63. The molecule has 1 heteroatoms. The van der Waals surface area contributed by atoms with E-state index < -0.39 is 0 Å². The van der Waals surface area contributed by atoms with Crippen molar-refractivity contribution in [2.24, 2.45) is 11.8 Å². The average Bonchev–Trinajstić information content (AvgIpc) is 1.85. The maximum atomic E-state index is 5.09. The van der Waals surface area contributed by atoms with Crippen LogP contribution in [0.3, 0.4) is 0 Å². The quantitative estimate of drug-likeness (QED) is 0.456. The van der Waals surface area contributed by atoms with E-state index in [2.05, 4.69) is 18.2 Å². The summed E-state index contributed by atoms with van der Waals surface area (Å²) in [5, 5.41) is 3.22. The van der Waals surface area contributed by atoms with Gasteiger partial charge in [0.1, 0.15) is 0 Å². The van der Waals surface area contributed by atoms with Crippen LogP contribution in [0.5, 0.6) is 0 Å². The third-order valence-electron chi connectivity index (χ3n) is 2.13. The van der Waals surface area contributed by atoms with E-state index in [1.807, 2.05) is 0 Å². The predicted molar refractivity (Wildman–Crippen MR) is 43.6 cm³/mol. The minimum absolute atomic E-state index is 0.727. The fourth-order valence-electron chi connectivity index (χ4n) is 1.58. The maximum absolute atomic E-state index is 5.09. The molecule has 0 amide bonds. The minimum Gasteiger partial charge on any atom is -0.306 e. The standard InChI is InChI=1S/C9H15N/c1-3-4-10-7-9-5-8(2)6-9/h1,8-10H,4-7H2,2H3. The van der Waals surface area contributed by atoms with Crippen molar-refractivity contribution in [1.29, 1.82) is 0 Å². The Hall–Kier alpha value is -0.480. The molecular weight excluding hydrogens is 122 g/mol. The molecule has 1 aliphatic rings. The van der Waals surface area contributed by atoms with Gasteiger partial charge in [-0.05, 0) is 31.2 Å². The van der Waals surface area contributed by atoms with Crippen molar-refractivity contribution in [2.75, 3.05) is 13.1 Å². The lowest BCUT2D eigenvalue weighted by Crippen LogP contribution is -2.31. The molecule has 0 aromatic carbocycles. The molecule has 0 saturated heterocycles. The van der Waals surface area contributed by atoms with Crippen molar-refractivity contribution < 1.29 is 0 Å². The highest BCUT2D eigenvalue weighted by atomic mass is 14.8. The Morgan fingerprint density at radius 3 is 2.80 bits per heavy atom. The Morgan fingerprint density at radius 2 is 2.30 bits per heavy atom. The van der Waals surface area contributed by atoms with Crippen LogP contribution in [-0.4, -0.2) is 13.1 Å². The van der Waals surface area contributed by atoms with Crippen molar-refractivity contribution >= 4 is 0 Å². The lowest BCUT2D eigenvalue weighted by Gasteiger charge is -2.32. The Labute approximate surface area is 63.2 Å². The highest BCUT2D eigenvalue weighted by molar-refractivity contribution is 4.87. The normalized spacial score (nSPS) is 30.8. The first-order valence-electron chi connectivity index (χ1n) is 3.97. The molecule has 1 aliphatic carbocycles. The van der Waals surface area contributed by atoms with Gasteiger partial charge in [-0.15, -0.1) is 6.42 Å². The van der Waals surface area contributed by atoms with E-state index in [1.165, 1.54) is 12.8 Å². The second-order valence-electron chi connectivity index (χ2n) is 3.28. The van der Waals surface area contributed by atoms with Crippen molar-refractivity contribution in [3.05, 3.63) is 0 Å². The van der Waals surface area contributed by atoms with Gasteiger partial charge < -0.3 is 5.32 Å². The molecular formula is C9H15N. The summed E-state index contributed by atoms with van der Waals surface area (Å²) in [7, 11) is 0. The van der Waals surface area contributed by atoms with Crippen LogP contribution < -0.4 is 5.32 Å². The van der Waals surface area contributed by atoms with Crippen LogP contribution in [0.4, 0.5) is 0 Å². The van der Waals surface area contributed by atoms with Gasteiger partial charge in [0.15, 0.2) is 0 Å². The lowest BCUT2D eigenvalue weighted by atomic mass is 9.76. The summed E-state index contributed by atoms with van der Waals surface area (Å²) < 4.78 is 0. The lowest BCUT2D eigenvalue weighted by molar-refractivity contribution is 0.208. The molecule has 0 heterocycles. The molecule has 0 bridgehead atoms. The third-order valence-corrected chi connectivity index (χ3v) is 2.13. The first-order chi connectivity index (χ1) is 4.83. The van der Waals surface area contributed by atoms with Gasteiger partial charge in [-0.3, -0.25) is 0 Å². The molecule has 0 radical (unpaired) electrons. The number of rotatable bonds is 3. The number of hydrogen-bond donors (Lipinski definition) is 1. The highest BCUT2D eigenvalue weighted by Gasteiger charge is 2.24. The summed E-state index contributed by atoms with van der Waals surface area (Å²) in [5.41, 5.74) is 0. The Bertz CT molecular complexity index is 128. The molecule has 0 spiro atoms. The molecule has 1 rings (SSSR count). The Kier molecular flexibility index (Phi) is 2.77. The van der Waals surface area contributed by atoms with E-state index in [0.29, 0.717) is 0 Å². The van der Waals surface area contributed by atoms with E-state index in [1.54, 1.807) is 0 Å². The van der Waals surface area contributed by atoms with Crippen LogP contribution >= 0.6 is 0 Å². The summed E-state index contributed by atoms with van der Waals surface area (Å²) in [6.07, 6.45) is 7.86. The Balaban J connectivity index is 1.91. The van der Waals surface area contributed by atoms with E-state index in [9.17, 15) is 0 Å². The Morgan fingerprint density at radius 1 is 1.60 bits per heavy atom. The molecule has 10 heavy (non-hydrogen) atoms. The van der Waals surface area contributed by atoms with Gasteiger partial charge in [-0.1, -0.05) is 12.8 Å². The van der Waals surface area contributed by atoms with Crippen LogP contribution in [0.2, 0.25) is 0 Å². The first-order valence-corrected chi connectivity index (χ1v) is 3.97. The smallest absolute Gasteiger partial charge is 0.0573 e. The van der Waals surface area contributed by atoms with Gasteiger partial charge in [-0.25, -0.2) is 0 Å². The van der Waals surface area contributed by atoms with Gasteiger partial charge in [0.25, 0.3) is 0 Å². The minimum atomic E-state index is 0.727. The summed E-state index contributed by atoms with van der Waals surface area (Å²) in [4.78, 5) is 0. The molecule has 1 N–H and O–H groups in total. The van der Waals surface area contributed by atoms with E-state index in [-0.39, 0.29) is 0 Å². The number of hydrogen-bond acceptors (Lipinski definition) is 1. The van der Waals surface area contributed by atoms with Crippen LogP contribution in [0.1, 0.15) is 19.8 Å². The fraction of sp³-hybridized carbons (Fsp3) is 0.778. The van der Waals surface area contributed by atoms with Gasteiger partial charge >= 0.3 is 0 Å². The number of nitrogens with one attached hydrogen (secondary N) is 1. The average molecular weight is 137 g/mol. The second-order valence-corrected chi connectivity index (χ2v) is 3.28. The zero-order chi connectivity index (χ0) is 7.40. The molecule has 1 fully saturated rings. The molecule has 56 valence electrons. The van der Waals surface area contributed by atoms with Crippen molar-refractivity contribution in [3.63, 3.8) is 0 Å². The topological polar surface area (TPSA) is 12.0 Å². The fourth-order valence-corrected chi connectivity index (χ4v) is 1.58. The molecule has 0 aromatic rings. The van der Waals surface area contributed by atoms with Crippen LogP contribution in [0, 0.1) is 24.2 Å². The van der Waals surface area contributed by atoms with Crippen molar-refractivity contribution in [1.82, 2.24) is 5.32 Å². The predicted octanol–water partition coefficient (Wildman–Crippen LogP) is 1.26. The monoisotopic (exact) mass is 137 g/mol. The SMILES string of the molecule is C#CCNCC1CC(C)C1. The van der Waals surface area contributed by atoms with Gasteiger partial charge in [0, 0.05) is 0 Å². The van der Waals surface area contributed by atoms with E-state index in [4.69, 9.17) is 6.42 Å². The third kappa shape index (κ3) is 2.04. The van der Waals surface area contributed by atoms with Crippen LogP contribution in [0.15, 0.2) is 0 Å². The van der Waals surface area contributed by atoms with Crippen molar-refractivity contribution in [2.45, 2.75) is 19.8 Å². The van der Waals surface area contributed by atoms with Gasteiger partial charge in [-0.2, -0.15) is 0 Å². The summed E-state index contributed by atoms with van der Waals surface area (Å²) in [6, 6.07) is 0. The van der Waals surface area contributed by atoms with Crippen LogP contribution in [0.25, 0.3) is 0 Å². The number of terminal acetylenes is 1. The van der Waals surface area contributed by atoms with Crippen molar-refractivity contribution in [3.8, 4) is 12.3 Å². The highest BCUT2D eigenvalue weighted by Crippen LogP contribution is 2.31. The molecule has 1 nitrogen and oxygen atoms in total. The summed E-state index contributed by atoms with van der Waals surface area (Å²) in [5.74, 6) is 4.43. The zero-order valence-corrected chi connectivity index (χ0v) is 6.56. The van der Waals surface area contributed by atoms with Gasteiger partial charge in [0.05, 0.1) is 6.54 Å². The molecule has 0 unspecified atom stereocenters. The van der Waals surface area contributed by atoms with Gasteiger partial charge in [0.2, 0.25) is 0 Å². The zero-order valence-electron chi connectivity index (χ0n) is 6.56. The van der Waals surface area contributed by atoms with Crippen LogP contribution in [-0.2, 0) is 0 Å². The largest absolute Gasteiger partial charge is 0.306 e. The van der Waals surface area contributed by atoms with E-state index in [0.717, 1.165) is 24.9 Å². The van der Waals surface area contributed by atoms with E-state index >= 15 is 0 Å². The molecule has 0 atom stereocenters.